The van der Waals surface area contributed by atoms with Crippen LogP contribution in [0.1, 0.15) is 11.7 Å². The average molecular weight is 391 g/mol. The molecule has 0 bridgehead atoms. The molecular formula is C19H16F3N3O3. The SMILES string of the molecule is O=c1cc(N2CCOC(c3cccc(OC(F)(F)F)c3)C2)nc2ccccn12. The summed E-state index contributed by atoms with van der Waals surface area (Å²) in [6.45, 7) is 1.22. The molecule has 3 heterocycles. The van der Waals surface area contributed by atoms with Gasteiger partial charge in [0, 0.05) is 25.4 Å². The molecular weight excluding hydrogens is 375 g/mol. The number of ether oxygens (including phenoxy) is 2. The van der Waals surface area contributed by atoms with E-state index in [1.54, 1.807) is 30.5 Å². The Labute approximate surface area is 157 Å². The average Bonchev–Trinajstić information content (AvgIpc) is 2.67. The zero-order valence-electron chi connectivity index (χ0n) is 14.6. The first-order valence-corrected chi connectivity index (χ1v) is 8.60. The molecule has 9 heteroatoms. The molecule has 146 valence electrons. The van der Waals surface area contributed by atoms with Gasteiger partial charge in [-0.1, -0.05) is 18.2 Å². The highest BCUT2D eigenvalue weighted by atomic mass is 19.4. The van der Waals surface area contributed by atoms with Crippen LogP contribution in [0.3, 0.4) is 0 Å². The lowest BCUT2D eigenvalue weighted by Crippen LogP contribution is -2.39. The first-order valence-electron chi connectivity index (χ1n) is 8.60. The minimum atomic E-state index is -4.75. The molecule has 0 spiro atoms. The van der Waals surface area contributed by atoms with Crippen LogP contribution in [0.15, 0.2) is 59.5 Å². The number of hydrogen-bond donors (Lipinski definition) is 0. The van der Waals surface area contributed by atoms with Gasteiger partial charge in [0.25, 0.3) is 5.56 Å². The molecule has 3 aromatic rings. The minimum absolute atomic E-state index is 0.204. The molecule has 0 radical (unpaired) electrons. The van der Waals surface area contributed by atoms with E-state index in [0.717, 1.165) is 0 Å². The van der Waals surface area contributed by atoms with E-state index in [1.165, 1.54) is 28.7 Å². The van der Waals surface area contributed by atoms with Crippen LogP contribution < -0.4 is 15.2 Å². The third-order valence-corrected chi connectivity index (χ3v) is 4.41. The number of anilines is 1. The number of hydrogen-bond acceptors (Lipinski definition) is 5. The molecule has 2 aromatic heterocycles. The van der Waals surface area contributed by atoms with Gasteiger partial charge in [0.2, 0.25) is 0 Å². The van der Waals surface area contributed by atoms with Crippen molar-refractivity contribution in [2.24, 2.45) is 0 Å². The van der Waals surface area contributed by atoms with Crippen LogP contribution in [0.4, 0.5) is 19.0 Å². The van der Waals surface area contributed by atoms with E-state index in [0.29, 0.717) is 36.7 Å². The van der Waals surface area contributed by atoms with Gasteiger partial charge in [-0.2, -0.15) is 0 Å². The van der Waals surface area contributed by atoms with Crippen LogP contribution in [-0.2, 0) is 4.74 Å². The molecule has 1 aromatic carbocycles. The summed E-state index contributed by atoms with van der Waals surface area (Å²) in [7, 11) is 0. The number of fused-ring (bicyclic) bond motifs is 1. The molecule has 1 aliphatic heterocycles. The van der Waals surface area contributed by atoms with Gasteiger partial charge >= 0.3 is 6.36 Å². The number of alkyl halides is 3. The predicted octanol–water partition coefficient (Wildman–Crippen LogP) is 3.17. The number of halogens is 3. The Morgan fingerprint density at radius 1 is 1.14 bits per heavy atom. The van der Waals surface area contributed by atoms with Gasteiger partial charge in [0.1, 0.15) is 23.3 Å². The minimum Gasteiger partial charge on any atom is -0.406 e. The third-order valence-electron chi connectivity index (χ3n) is 4.41. The fourth-order valence-corrected chi connectivity index (χ4v) is 3.17. The van der Waals surface area contributed by atoms with Crippen LogP contribution in [0.25, 0.3) is 5.65 Å². The van der Waals surface area contributed by atoms with E-state index in [4.69, 9.17) is 4.74 Å². The monoisotopic (exact) mass is 391 g/mol. The Balaban J connectivity index is 1.59. The van der Waals surface area contributed by atoms with Gasteiger partial charge in [-0.15, -0.1) is 13.2 Å². The first-order chi connectivity index (χ1) is 13.4. The van der Waals surface area contributed by atoms with Crippen molar-refractivity contribution in [3.63, 3.8) is 0 Å². The fraction of sp³-hybridized carbons (Fsp3) is 0.263. The number of aromatic nitrogens is 2. The molecule has 0 N–H and O–H groups in total. The van der Waals surface area contributed by atoms with E-state index in [1.807, 2.05) is 4.90 Å². The summed E-state index contributed by atoms with van der Waals surface area (Å²) in [5.41, 5.74) is 0.877. The smallest absolute Gasteiger partial charge is 0.406 e. The normalized spacial score (nSPS) is 17.7. The molecule has 0 amide bonds. The molecule has 0 aliphatic carbocycles. The maximum absolute atomic E-state index is 12.5. The second kappa shape index (κ2) is 7.16. The summed E-state index contributed by atoms with van der Waals surface area (Å²) in [5.74, 6) is 0.208. The van der Waals surface area contributed by atoms with Crippen LogP contribution in [-0.4, -0.2) is 35.4 Å². The number of morpholine rings is 1. The van der Waals surface area contributed by atoms with Gasteiger partial charge in [0.05, 0.1) is 6.61 Å². The highest BCUT2D eigenvalue weighted by Gasteiger charge is 2.31. The summed E-state index contributed by atoms with van der Waals surface area (Å²) < 4.78 is 48.5. The molecule has 1 unspecified atom stereocenters. The Hall–Kier alpha value is -3.07. The second-order valence-corrected chi connectivity index (χ2v) is 6.31. The van der Waals surface area contributed by atoms with E-state index in [2.05, 4.69) is 9.72 Å². The van der Waals surface area contributed by atoms with E-state index in [-0.39, 0.29) is 11.3 Å². The van der Waals surface area contributed by atoms with Crippen LogP contribution >= 0.6 is 0 Å². The third kappa shape index (κ3) is 3.94. The summed E-state index contributed by atoms with van der Waals surface area (Å²) in [5, 5.41) is 0. The molecule has 6 nitrogen and oxygen atoms in total. The quantitative estimate of drug-likeness (QED) is 0.687. The van der Waals surface area contributed by atoms with Crippen molar-refractivity contribution < 1.29 is 22.6 Å². The summed E-state index contributed by atoms with van der Waals surface area (Å²) in [6, 6.07) is 12.4. The fourth-order valence-electron chi connectivity index (χ4n) is 3.17. The van der Waals surface area contributed by atoms with Gasteiger partial charge in [-0.3, -0.25) is 9.20 Å². The van der Waals surface area contributed by atoms with Crippen molar-refractivity contribution in [3.8, 4) is 5.75 Å². The van der Waals surface area contributed by atoms with Crippen molar-refractivity contribution in [3.05, 3.63) is 70.6 Å². The number of rotatable bonds is 3. The molecule has 1 atom stereocenters. The van der Waals surface area contributed by atoms with Crippen LogP contribution in [0, 0.1) is 0 Å². The first kappa shape index (κ1) is 18.3. The summed E-state index contributed by atoms with van der Waals surface area (Å²) >= 11 is 0. The standard InChI is InChI=1S/C19H16F3N3O3/c20-19(21,22)28-14-5-3-4-13(10-14)15-12-24(8-9-27-15)17-11-18(26)25-7-2-1-6-16(25)23-17/h1-7,10-11,15H,8-9,12H2. The van der Waals surface area contributed by atoms with Gasteiger partial charge < -0.3 is 14.4 Å². The van der Waals surface area contributed by atoms with Crippen LogP contribution in [0.2, 0.25) is 0 Å². The zero-order valence-corrected chi connectivity index (χ0v) is 14.6. The van der Waals surface area contributed by atoms with E-state index >= 15 is 0 Å². The molecule has 28 heavy (non-hydrogen) atoms. The van der Waals surface area contributed by atoms with E-state index < -0.39 is 12.5 Å². The van der Waals surface area contributed by atoms with Gasteiger partial charge in [0.15, 0.2) is 0 Å². The molecule has 1 saturated heterocycles. The van der Waals surface area contributed by atoms with Crippen molar-refractivity contribution in [2.75, 3.05) is 24.6 Å². The van der Waals surface area contributed by atoms with Crippen molar-refractivity contribution in [1.82, 2.24) is 9.38 Å². The molecule has 0 saturated carbocycles. The summed E-state index contributed by atoms with van der Waals surface area (Å²) in [6.07, 6.45) is -3.58. The molecule has 4 rings (SSSR count). The van der Waals surface area contributed by atoms with Crippen molar-refractivity contribution in [2.45, 2.75) is 12.5 Å². The van der Waals surface area contributed by atoms with E-state index in [9.17, 15) is 18.0 Å². The molecule has 1 fully saturated rings. The Kier molecular flexibility index (Phi) is 4.68. The lowest BCUT2D eigenvalue weighted by atomic mass is 10.1. The van der Waals surface area contributed by atoms with Gasteiger partial charge in [-0.05, 0) is 29.8 Å². The number of pyridine rings is 1. The second-order valence-electron chi connectivity index (χ2n) is 6.31. The maximum Gasteiger partial charge on any atom is 0.573 e. The van der Waals surface area contributed by atoms with Gasteiger partial charge in [-0.25, -0.2) is 4.98 Å². The largest absolute Gasteiger partial charge is 0.573 e. The Bertz CT molecular complexity index is 1050. The topological polar surface area (TPSA) is 56.1 Å². The highest BCUT2D eigenvalue weighted by molar-refractivity contribution is 5.48. The van der Waals surface area contributed by atoms with Crippen molar-refractivity contribution >= 4 is 11.5 Å². The van der Waals surface area contributed by atoms with Crippen LogP contribution in [0.5, 0.6) is 5.75 Å². The predicted molar refractivity (Wildman–Crippen MR) is 95.5 cm³/mol. The molecule has 1 aliphatic rings. The summed E-state index contributed by atoms with van der Waals surface area (Å²) in [4.78, 5) is 18.7. The Morgan fingerprint density at radius 3 is 2.82 bits per heavy atom. The lowest BCUT2D eigenvalue weighted by molar-refractivity contribution is -0.274. The number of benzene rings is 1. The maximum atomic E-state index is 12.5. The Morgan fingerprint density at radius 2 is 2.00 bits per heavy atom. The highest BCUT2D eigenvalue weighted by Crippen LogP contribution is 2.29. The number of nitrogens with zero attached hydrogens (tertiary/aromatic N) is 3. The lowest BCUT2D eigenvalue weighted by Gasteiger charge is -2.34. The van der Waals surface area contributed by atoms with Crippen molar-refractivity contribution in [1.29, 1.82) is 0 Å². The zero-order chi connectivity index (χ0) is 19.7.